The molecule has 1 heterocycles. The van der Waals surface area contributed by atoms with Crippen LogP contribution in [0, 0.1) is 0 Å². The Balaban J connectivity index is 0.972. The van der Waals surface area contributed by atoms with Gasteiger partial charge in [-0.05, 0) is 114 Å². The third kappa shape index (κ3) is 7.02. The number of rotatable bonds is 9. The normalized spacial score (nSPS) is 11.3. The standard InChI is InChI=1S/C64H43NO/c1-2-16-46(17-3-1)54-21-6-7-22-56(54)57-23-8-9-24-58(57)59-25-10-12-29-61(59)65(51-42-38-49(39-43-51)55-28-15-31-63-64(55)60-26-11-13-30-62(60)66-63)50-40-36-45(37-41-50)44-32-34-48(35-33-44)53-27-14-19-47-18-4-5-20-52(47)53/h1-43H. The van der Waals surface area contributed by atoms with Gasteiger partial charge in [0.25, 0.3) is 0 Å². The number of nitrogens with zero attached hydrogens (tertiary/aromatic N) is 1. The van der Waals surface area contributed by atoms with E-state index in [-0.39, 0.29) is 0 Å². The molecule has 0 bridgehead atoms. The van der Waals surface area contributed by atoms with Crippen molar-refractivity contribution in [3.05, 3.63) is 261 Å². The van der Waals surface area contributed by atoms with E-state index in [1.165, 1.54) is 55.3 Å². The van der Waals surface area contributed by atoms with Gasteiger partial charge >= 0.3 is 0 Å². The molecule has 0 saturated heterocycles. The van der Waals surface area contributed by atoms with Gasteiger partial charge < -0.3 is 9.32 Å². The van der Waals surface area contributed by atoms with Crippen LogP contribution in [-0.2, 0) is 0 Å². The van der Waals surface area contributed by atoms with Crippen LogP contribution in [0.25, 0.3) is 99.5 Å². The van der Waals surface area contributed by atoms with Crippen molar-refractivity contribution in [2.45, 2.75) is 0 Å². The minimum atomic E-state index is 0.893. The Bertz CT molecular complexity index is 3670. The Morgan fingerprint density at radius 2 is 0.667 bits per heavy atom. The maximum atomic E-state index is 6.30. The number of hydrogen-bond donors (Lipinski definition) is 0. The molecule has 2 nitrogen and oxygen atoms in total. The van der Waals surface area contributed by atoms with Crippen LogP contribution in [0.1, 0.15) is 0 Å². The first-order valence-electron chi connectivity index (χ1n) is 22.6. The van der Waals surface area contributed by atoms with Crippen molar-refractivity contribution in [3.8, 4) is 66.8 Å². The second-order valence-corrected chi connectivity index (χ2v) is 16.8. The van der Waals surface area contributed by atoms with Crippen molar-refractivity contribution in [1.29, 1.82) is 0 Å². The highest BCUT2D eigenvalue weighted by atomic mass is 16.3. The molecule has 0 radical (unpaired) electrons. The van der Waals surface area contributed by atoms with E-state index in [2.05, 4.69) is 254 Å². The number of fused-ring (bicyclic) bond motifs is 4. The molecule has 0 atom stereocenters. The molecule has 0 aliphatic heterocycles. The topological polar surface area (TPSA) is 16.4 Å². The molecule has 12 rings (SSSR count). The number of anilines is 3. The van der Waals surface area contributed by atoms with E-state index in [0.29, 0.717) is 0 Å². The van der Waals surface area contributed by atoms with Gasteiger partial charge in [-0.3, -0.25) is 0 Å². The molecule has 0 aliphatic rings. The molecule has 0 amide bonds. The summed E-state index contributed by atoms with van der Waals surface area (Å²) in [7, 11) is 0. The maximum Gasteiger partial charge on any atom is 0.136 e. The quantitative estimate of drug-likeness (QED) is 0.144. The highest BCUT2D eigenvalue weighted by Gasteiger charge is 2.21. The van der Waals surface area contributed by atoms with E-state index in [1.54, 1.807) is 0 Å². The first kappa shape index (κ1) is 38.9. The minimum absolute atomic E-state index is 0.893. The summed E-state index contributed by atoms with van der Waals surface area (Å²) in [4.78, 5) is 2.40. The summed E-state index contributed by atoms with van der Waals surface area (Å²) in [5.41, 5.74) is 19.2. The van der Waals surface area contributed by atoms with Crippen molar-refractivity contribution < 1.29 is 4.42 Å². The van der Waals surface area contributed by atoms with Crippen LogP contribution >= 0.6 is 0 Å². The zero-order chi connectivity index (χ0) is 43.8. The molecule has 310 valence electrons. The fourth-order valence-electron chi connectivity index (χ4n) is 9.79. The molecule has 12 aromatic rings. The largest absolute Gasteiger partial charge is 0.456 e. The Labute approximate surface area is 384 Å². The van der Waals surface area contributed by atoms with Gasteiger partial charge in [0, 0.05) is 27.7 Å². The molecule has 0 saturated carbocycles. The second-order valence-electron chi connectivity index (χ2n) is 16.8. The predicted molar refractivity (Wildman–Crippen MR) is 279 cm³/mol. The van der Waals surface area contributed by atoms with Gasteiger partial charge in [0.1, 0.15) is 11.2 Å². The summed E-state index contributed by atoms with van der Waals surface area (Å²) in [6, 6.07) is 93.9. The van der Waals surface area contributed by atoms with Crippen LogP contribution < -0.4 is 4.90 Å². The molecule has 11 aromatic carbocycles. The van der Waals surface area contributed by atoms with E-state index in [1.807, 2.05) is 12.1 Å². The number of furan rings is 1. The summed E-state index contributed by atoms with van der Waals surface area (Å²) in [5, 5.41) is 4.77. The lowest BCUT2D eigenvalue weighted by atomic mass is 9.88. The Morgan fingerprint density at radius 1 is 0.242 bits per heavy atom. The van der Waals surface area contributed by atoms with E-state index >= 15 is 0 Å². The summed E-state index contributed by atoms with van der Waals surface area (Å²) in [5.74, 6) is 0. The fourth-order valence-corrected chi connectivity index (χ4v) is 9.79. The van der Waals surface area contributed by atoms with E-state index in [0.717, 1.165) is 61.3 Å². The van der Waals surface area contributed by atoms with Crippen LogP contribution in [-0.4, -0.2) is 0 Å². The van der Waals surface area contributed by atoms with Crippen LogP contribution in [0.15, 0.2) is 265 Å². The average molecular weight is 842 g/mol. The number of hydrogen-bond acceptors (Lipinski definition) is 2. The minimum Gasteiger partial charge on any atom is -0.456 e. The fraction of sp³-hybridized carbons (Fsp3) is 0. The van der Waals surface area contributed by atoms with E-state index < -0.39 is 0 Å². The third-order valence-corrected chi connectivity index (χ3v) is 12.9. The predicted octanol–water partition coefficient (Wildman–Crippen LogP) is 18.2. The monoisotopic (exact) mass is 841 g/mol. The number of para-hydroxylation sites is 2. The van der Waals surface area contributed by atoms with Crippen molar-refractivity contribution in [2.24, 2.45) is 0 Å². The molecule has 2 heteroatoms. The molecule has 0 unspecified atom stereocenters. The maximum absolute atomic E-state index is 6.30. The molecule has 0 fully saturated rings. The van der Waals surface area contributed by atoms with Crippen molar-refractivity contribution >= 4 is 49.8 Å². The highest BCUT2D eigenvalue weighted by molar-refractivity contribution is 6.12. The third-order valence-electron chi connectivity index (χ3n) is 12.9. The summed E-state index contributed by atoms with van der Waals surface area (Å²) >= 11 is 0. The van der Waals surface area contributed by atoms with Crippen molar-refractivity contribution in [2.75, 3.05) is 4.90 Å². The van der Waals surface area contributed by atoms with Gasteiger partial charge in [-0.1, -0.05) is 218 Å². The smallest absolute Gasteiger partial charge is 0.136 e. The first-order chi connectivity index (χ1) is 32.7. The second kappa shape index (κ2) is 16.8. The van der Waals surface area contributed by atoms with Gasteiger partial charge in [-0.15, -0.1) is 0 Å². The summed E-state index contributed by atoms with van der Waals surface area (Å²) in [6.45, 7) is 0. The summed E-state index contributed by atoms with van der Waals surface area (Å²) in [6.07, 6.45) is 0. The Morgan fingerprint density at radius 3 is 1.39 bits per heavy atom. The SMILES string of the molecule is c1ccc(-c2ccccc2-c2ccccc2-c2ccccc2N(c2ccc(-c3ccc(-c4cccc5ccccc45)cc3)cc2)c2ccc(-c3cccc4oc5ccccc5c34)cc2)cc1. The average Bonchev–Trinajstić information content (AvgIpc) is 3.79. The Hall–Kier alpha value is -8.72. The number of benzene rings is 11. The van der Waals surface area contributed by atoms with Gasteiger partial charge in [0.15, 0.2) is 0 Å². The molecule has 0 spiro atoms. The van der Waals surface area contributed by atoms with Gasteiger partial charge in [0.2, 0.25) is 0 Å². The lowest BCUT2D eigenvalue weighted by Gasteiger charge is -2.29. The summed E-state index contributed by atoms with van der Waals surface area (Å²) < 4.78 is 6.30. The highest BCUT2D eigenvalue weighted by Crippen LogP contribution is 2.46. The van der Waals surface area contributed by atoms with Crippen LogP contribution in [0.5, 0.6) is 0 Å². The van der Waals surface area contributed by atoms with Crippen LogP contribution in [0.2, 0.25) is 0 Å². The van der Waals surface area contributed by atoms with Gasteiger partial charge in [0.05, 0.1) is 5.69 Å². The molecule has 0 aliphatic carbocycles. The molecular formula is C64H43NO. The first-order valence-corrected chi connectivity index (χ1v) is 22.6. The van der Waals surface area contributed by atoms with E-state index in [4.69, 9.17) is 4.42 Å². The van der Waals surface area contributed by atoms with E-state index in [9.17, 15) is 0 Å². The lowest BCUT2D eigenvalue weighted by Crippen LogP contribution is -2.11. The van der Waals surface area contributed by atoms with Gasteiger partial charge in [-0.2, -0.15) is 0 Å². The molecule has 66 heavy (non-hydrogen) atoms. The Kier molecular flexibility index (Phi) is 9.89. The van der Waals surface area contributed by atoms with Gasteiger partial charge in [-0.25, -0.2) is 0 Å². The van der Waals surface area contributed by atoms with Crippen LogP contribution in [0.3, 0.4) is 0 Å². The zero-order valence-corrected chi connectivity index (χ0v) is 36.2. The van der Waals surface area contributed by atoms with Crippen LogP contribution in [0.4, 0.5) is 17.1 Å². The van der Waals surface area contributed by atoms with Crippen molar-refractivity contribution in [1.82, 2.24) is 0 Å². The molecule has 1 aromatic heterocycles. The lowest BCUT2D eigenvalue weighted by molar-refractivity contribution is 0.669. The molecule has 0 N–H and O–H groups in total. The molecular weight excluding hydrogens is 799 g/mol. The zero-order valence-electron chi connectivity index (χ0n) is 36.2. The van der Waals surface area contributed by atoms with Crippen molar-refractivity contribution in [3.63, 3.8) is 0 Å².